The molecule has 2 N–H and O–H groups in total. The molecule has 0 spiro atoms. The summed E-state index contributed by atoms with van der Waals surface area (Å²) in [6.45, 7) is 2.62. The SMILES string of the molecule is C[C@@](CN)(CCCl)c1ccc(Cl)c(Cl)c1. The van der Waals surface area contributed by atoms with E-state index in [4.69, 9.17) is 40.5 Å². The molecule has 0 amide bonds. The maximum absolute atomic E-state index is 5.97. The van der Waals surface area contributed by atoms with Crippen LogP contribution in [0.2, 0.25) is 10.0 Å². The molecule has 0 radical (unpaired) electrons. The highest BCUT2D eigenvalue weighted by Crippen LogP contribution is 2.31. The van der Waals surface area contributed by atoms with Gasteiger partial charge in [-0.2, -0.15) is 0 Å². The molecular weight excluding hydrogens is 252 g/mol. The monoisotopic (exact) mass is 265 g/mol. The van der Waals surface area contributed by atoms with E-state index in [9.17, 15) is 0 Å². The van der Waals surface area contributed by atoms with Crippen molar-refractivity contribution < 1.29 is 0 Å². The molecule has 0 aromatic heterocycles. The van der Waals surface area contributed by atoms with E-state index >= 15 is 0 Å². The zero-order valence-electron chi connectivity index (χ0n) is 8.56. The topological polar surface area (TPSA) is 26.0 Å². The van der Waals surface area contributed by atoms with E-state index in [0.717, 1.165) is 12.0 Å². The van der Waals surface area contributed by atoms with Crippen LogP contribution >= 0.6 is 34.8 Å². The Hall–Kier alpha value is 0.0500. The van der Waals surface area contributed by atoms with Gasteiger partial charge in [-0.15, -0.1) is 11.6 Å². The van der Waals surface area contributed by atoms with Crippen molar-refractivity contribution in [2.45, 2.75) is 18.8 Å². The number of rotatable bonds is 4. The van der Waals surface area contributed by atoms with E-state index in [1.807, 2.05) is 12.1 Å². The minimum atomic E-state index is -0.129. The van der Waals surface area contributed by atoms with Gasteiger partial charge in [0, 0.05) is 17.8 Å². The molecule has 1 rings (SSSR count). The van der Waals surface area contributed by atoms with Crippen molar-refractivity contribution in [3.63, 3.8) is 0 Å². The normalized spacial score (nSPS) is 15.0. The summed E-state index contributed by atoms with van der Waals surface area (Å²) in [5.74, 6) is 0.577. The van der Waals surface area contributed by atoms with E-state index in [1.165, 1.54) is 0 Å². The number of hydrogen-bond acceptors (Lipinski definition) is 1. The van der Waals surface area contributed by atoms with Gasteiger partial charge in [-0.25, -0.2) is 0 Å². The molecular formula is C11H14Cl3N. The van der Waals surface area contributed by atoms with E-state index in [0.29, 0.717) is 22.5 Å². The zero-order valence-corrected chi connectivity index (χ0v) is 10.8. The average molecular weight is 267 g/mol. The molecule has 0 bridgehead atoms. The molecule has 84 valence electrons. The molecule has 0 heterocycles. The third-order valence-corrected chi connectivity index (χ3v) is 3.64. The molecule has 0 saturated carbocycles. The van der Waals surface area contributed by atoms with Crippen LogP contribution in [0.25, 0.3) is 0 Å². The first-order valence-corrected chi connectivity index (χ1v) is 6.04. The predicted molar refractivity (Wildman–Crippen MR) is 68.2 cm³/mol. The molecule has 15 heavy (non-hydrogen) atoms. The lowest BCUT2D eigenvalue weighted by molar-refractivity contribution is 0.470. The van der Waals surface area contributed by atoms with Gasteiger partial charge in [0.2, 0.25) is 0 Å². The maximum atomic E-state index is 5.97. The summed E-state index contributed by atoms with van der Waals surface area (Å²) in [5.41, 5.74) is 6.73. The second-order valence-electron chi connectivity index (χ2n) is 3.83. The van der Waals surface area contributed by atoms with E-state index in [2.05, 4.69) is 6.92 Å². The Morgan fingerprint density at radius 3 is 2.40 bits per heavy atom. The fraction of sp³-hybridized carbons (Fsp3) is 0.455. The minimum Gasteiger partial charge on any atom is -0.330 e. The van der Waals surface area contributed by atoms with Gasteiger partial charge >= 0.3 is 0 Å². The lowest BCUT2D eigenvalue weighted by Gasteiger charge is -2.28. The standard InChI is InChI=1S/C11H14Cl3N/c1-11(7-15,4-5-12)8-2-3-9(13)10(14)6-8/h2-3,6H,4-5,7,15H2,1H3/t11-/m0/s1. The summed E-state index contributed by atoms with van der Waals surface area (Å²) in [7, 11) is 0. The number of nitrogens with two attached hydrogens (primary N) is 1. The largest absolute Gasteiger partial charge is 0.330 e. The van der Waals surface area contributed by atoms with E-state index in [-0.39, 0.29) is 5.41 Å². The van der Waals surface area contributed by atoms with Crippen molar-refractivity contribution in [3.05, 3.63) is 33.8 Å². The Bertz CT molecular complexity index is 341. The number of alkyl halides is 1. The zero-order chi connectivity index (χ0) is 11.5. The van der Waals surface area contributed by atoms with Crippen molar-refractivity contribution in [3.8, 4) is 0 Å². The van der Waals surface area contributed by atoms with Crippen LogP contribution in [0, 0.1) is 0 Å². The first kappa shape index (κ1) is 13.1. The van der Waals surface area contributed by atoms with Crippen LogP contribution in [-0.4, -0.2) is 12.4 Å². The summed E-state index contributed by atoms with van der Waals surface area (Å²) >= 11 is 17.6. The molecule has 1 nitrogen and oxygen atoms in total. The van der Waals surface area contributed by atoms with Gasteiger partial charge in [0.1, 0.15) is 0 Å². The average Bonchev–Trinajstić information content (AvgIpc) is 2.22. The maximum Gasteiger partial charge on any atom is 0.0595 e. The number of benzene rings is 1. The first-order valence-electron chi connectivity index (χ1n) is 4.75. The molecule has 0 fully saturated rings. The van der Waals surface area contributed by atoms with Gasteiger partial charge in [-0.1, -0.05) is 36.2 Å². The molecule has 1 atom stereocenters. The van der Waals surface area contributed by atoms with Crippen LogP contribution in [0.4, 0.5) is 0 Å². The van der Waals surface area contributed by atoms with Crippen LogP contribution in [0.3, 0.4) is 0 Å². The Labute approximate surface area is 106 Å². The third-order valence-electron chi connectivity index (χ3n) is 2.71. The van der Waals surface area contributed by atoms with Crippen LogP contribution in [0.15, 0.2) is 18.2 Å². The van der Waals surface area contributed by atoms with Crippen LogP contribution in [-0.2, 0) is 5.41 Å². The van der Waals surface area contributed by atoms with Crippen molar-refractivity contribution >= 4 is 34.8 Å². The first-order chi connectivity index (χ1) is 7.03. The lowest BCUT2D eigenvalue weighted by atomic mass is 9.80. The Morgan fingerprint density at radius 2 is 1.93 bits per heavy atom. The fourth-order valence-electron chi connectivity index (χ4n) is 1.44. The van der Waals surface area contributed by atoms with Gasteiger partial charge < -0.3 is 5.73 Å². The molecule has 0 aliphatic carbocycles. The molecule has 1 aromatic carbocycles. The molecule has 0 unspecified atom stereocenters. The Morgan fingerprint density at radius 1 is 1.27 bits per heavy atom. The van der Waals surface area contributed by atoms with Gasteiger partial charge in [0.15, 0.2) is 0 Å². The Balaban J connectivity index is 3.07. The summed E-state index contributed by atoms with van der Waals surface area (Å²) in [6.07, 6.45) is 0.822. The summed E-state index contributed by atoms with van der Waals surface area (Å²) < 4.78 is 0. The van der Waals surface area contributed by atoms with Gasteiger partial charge in [-0.3, -0.25) is 0 Å². The Kier molecular flexibility index (Phi) is 4.72. The number of hydrogen-bond donors (Lipinski definition) is 1. The van der Waals surface area contributed by atoms with Crippen molar-refractivity contribution in [2.24, 2.45) is 5.73 Å². The van der Waals surface area contributed by atoms with Crippen molar-refractivity contribution in [1.82, 2.24) is 0 Å². The van der Waals surface area contributed by atoms with E-state index in [1.54, 1.807) is 6.07 Å². The molecule has 4 heteroatoms. The van der Waals surface area contributed by atoms with Gasteiger partial charge in [0.25, 0.3) is 0 Å². The molecule has 1 aromatic rings. The molecule has 0 aliphatic rings. The summed E-state index contributed by atoms with van der Waals surface area (Å²) in [5, 5.41) is 1.12. The van der Waals surface area contributed by atoms with Crippen LogP contribution in [0.5, 0.6) is 0 Å². The predicted octanol–water partition coefficient (Wildman–Crippen LogP) is 3.84. The number of halogens is 3. The highest BCUT2D eigenvalue weighted by Gasteiger charge is 2.24. The molecule has 0 aliphatic heterocycles. The highest BCUT2D eigenvalue weighted by atomic mass is 35.5. The van der Waals surface area contributed by atoms with Gasteiger partial charge in [-0.05, 0) is 24.1 Å². The van der Waals surface area contributed by atoms with Crippen LogP contribution < -0.4 is 5.73 Å². The smallest absolute Gasteiger partial charge is 0.0595 e. The van der Waals surface area contributed by atoms with E-state index < -0.39 is 0 Å². The lowest BCUT2D eigenvalue weighted by Crippen LogP contribution is -2.32. The van der Waals surface area contributed by atoms with Crippen molar-refractivity contribution in [1.29, 1.82) is 0 Å². The summed E-state index contributed by atoms with van der Waals surface area (Å²) in [4.78, 5) is 0. The van der Waals surface area contributed by atoms with Gasteiger partial charge in [0.05, 0.1) is 10.0 Å². The quantitative estimate of drug-likeness (QED) is 0.823. The minimum absolute atomic E-state index is 0.129. The van der Waals surface area contributed by atoms with Crippen LogP contribution in [0.1, 0.15) is 18.9 Å². The van der Waals surface area contributed by atoms with Crippen molar-refractivity contribution in [2.75, 3.05) is 12.4 Å². The highest BCUT2D eigenvalue weighted by molar-refractivity contribution is 6.42. The second-order valence-corrected chi connectivity index (χ2v) is 5.03. The fourth-order valence-corrected chi connectivity index (χ4v) is 2.16. The molecule has 0 saturated heterocycles. The summed E-state index contributed by atoms with van der Waals surface area (Å²) in [6, 6.07) is 5.61. The third kappa shape index (κ3) is 3.01. The second kappa shape index (κ2) is 5.40.